The maximum absolute atomic E-state index is 5.80. The Kier molecular flexibility index (Phi) is 5.01. The van der Waals surface area contributed by atoms with Crippen LogP contribution in [-0.4, -0.2) is 24.2 Å². The maximum atomic E-state index is 5.80. The lowest BCUT2D eigenvalue weighted by Gasteiger charge is -2.15. The van der Waals surface area contributed by atoms with Crippen LogP contribution in [0.3, 0.4) is 0 Å². The van der Waals surface area contributed by atoms with Crippen molar-refractivity contribution < 1.29 is 4.74 Å². The summed E-state index contributed by atoms with van der Waals surface area (Å²) < 4.78 is 7.89. The molecule has 2 rings (SSSR count). The Morgan fingerprint density at radius 3 is 2.38 bits per heavy atom. The average molecular weight is 302 g/mol. The van der Waals surface area contributed by atoms with E-state index in [-0.39, 0.29) is 0 Å². The van der Waals surface area contributed by atoms with E-state index in [9.17, 15) is 0 Å². The van der Waals surface area contributed by atoms with Crippen molar-refractivity contribution in [3.8, 4) is 11.3 Å². The van der Waals surface area contributed by atoms with E-state index in [0.717, 1.165) is 18.0 Å². The summed E-state index contributed by atoms with van der Waals surface area (Å²) in [4.78, 5) is 4.53. The van der Waals surface area contributed by atoms with E-state index in [1.54, 1.807) is 0 Å². The summed E-state index contributed by atoms with van der Waals surface area (Å²) in [5.41, 5.74) is 4.64. The largest absolute Gasteiger partial charge is 0.361 e. The highest BCUT2D eigenvalue weighted by molar-refractivity contribution is 6.76. The Bertz CT molecular complexity index is 582. The van der Waals surface area contributed by atoms with Gasteiger partial charge in [0.25, 0.3) is 0 Å². The number of benzene rings is 1. The number of ether oxygens (including phenoxy) is 1. The third-order valence-corrected chi connectivity index (χ3v) is 5.36. The fourth-order valence-electron chi connectivity index (χ4n) is 2.11. The molecule has 1 aromatic carbocycles. The predicted octanol–water partition coefficient (Wildman–Crippen LogP) is 4.48. The first kappa shape index (κ1) is 16.0. The quantitative estimate of drug-likeness (QED) is 0.581. The van der Waals surface area contributed by atoms with Gasteiger partial charge in [-0.3, -0.25) is 0 Å². The first-order chi connectivity index (χ1) is 9.87. The van der Waals surface area contributed by atoms with Crippen LogP contribution in [0, 0.1) is 13.8 Å². The zero-order valence-corrected chi connectivity index (χ0v) is 14.8. The molecule has 1 aromatic heterocycles. The van der Waals surface area contributed by atoms with E-state index in [4.69, 9.17) is 4.74 Å². The van der Waals surface area contributed by atoms with Gasteiger partial charge in [-0.25, -0.2) is 4.98 Å². The molecule has 0 spiro atoms. The molecule has 0 radical (unpaired) electrons. The molecule has 3 nitrogen and oxygen atoms in total. The van der Waals surface area contributed by atoms with E-state index in [2.05, 4.69) is 67.3 Å². The van der Waals surface area contributed by atoms with Crippen LogP contribution in [0.5, 0.6) is 0 Å². The van der Waals surface area contributed by atoms with Gasteiger partial charge in [-0.1, -0.05) is 49.5 Å². The molecule has 4 heteroatoms. The number of aryl methyl sites for hydroxylation is 1. The lowest BCUT2D eigenvalue weighted by atomic mass is 10.1. The lowest BCUT2D eigenvalue weighted by molar-refractivity contribution is 0.0859. The minimum Gasteiger partial charge on any atom is -0.361 e. The zero-order chi connectivity index (χ0) is 15.5. The number of hydrogen-bond donors (Lipinski definition) is 0. The van der Waals surface area contributed by atoms with Crippen LogP contribution >= 0.6 is 0 Å². The monoisotopic (exact) mass is 302 g/mol. The van der Waals surface area contributed by atoms with Crippen molar-refractivity contribution in [2.45, 2.75) is 46.3 Å². The maximum Gasteiger partial charge on any atom is 0.124 e. The molecule has 2 aromatic rings. The summed E-state index contributed by atoms with van der Waals surface area (Å²) in [6, 6.07) is 9.70. The van der Waals surface area contributed by atoms with E-state index < -0.39 is 8.07 Å². The summed E-state index contributed by atoms with van der Waals surface area (Å²) in [5, 5.41) is 0. The normalized spacial score (nSPS) is 11.9. The first-order valence-corrected chi connectivity index (χ1v) is 11.2. The van der Waals surface area contributed by atoms with Gasteiger partial charge >= 0.3 is 0 Å². The summed E-state index contributed by atoms with van der Waals surface area (Å²) in [6.07, 6.45) is 1.87. The van der Waals surface area contributed by atoms with Crippen molar-refractivity contribution in [1.82, 2.24) is 9.55 Å². The average Bonchev–Trinajstić information content (AvgIpc) is 2.76. The SMILES string of the molecule is Cc1ccc(-c2ncn(COCC[Si](C)(C)C)c2C)cc1. The van der Waals surface area contributed by atoms with E-state index in [0.29, 0.717) is 6.73 Å². The van der Waals surface area contributed by atoms with Gasteiger partial charge in [0.2, 0.25) is 0 Å². The first-order valence-electron chi connectivity index (χ1n) is 7.53. The van der Waals surface area contributed by atoms with Crippen molar-refractivity contribution in [2.24, 2.45) is 0 Å². The second-order valence-electron chi connectivity index (χ2n) is 6.86. The molecule has 114 valence electrons. The number of rotatable bonds is 6. The molecule has 21 heavy (non-hydrogen) atoms. The molecule has 0 aliphatic heterocycles. The van der Waals surface area contributed by atoms with Crippen molar-refractivity contribution in [1.29, 1.82) is 0 Å². The van der Waals surface area contributed by atoms with Gasteiger partial charge in [-0.2, -0.15) is 0 Å². The van der Waals surface area contributed by atoms with Gasteiger partial charge in [0.1, 0.15) is 6.73 Å². The third kappa shape index (κ3) is 4.54. The number of imidazole rings is 1. The molecule has 0 aliphatic rings. The molecule has 0 saturated carbocycles. The molecule has 0 amide bonds. The Balaban J connectivity index is 1.99. The summed E-state index contributed by atoms with van der Waals surface area (Å²) in [5.74, 6) is 0. The van der Waals surface area contributed by atoms with Crippen molar-refractivity contribution in [2.75, 3.05) is 6.61 Å². The Morgan fingerprint density at radius 2 is 1.76 bits per heavy atom. The molecule has 0 unspecified atom stereocenters. The highest BCUT2D eigenvalue weighted by atomic mass is 28.3. The van der Waals surface area contributed by atoms with Crippen molar-refractivity contribution >= 4 is 8.07 Å². The van der Waals surface area contributed by atoms with Crippen LogP contribution in [0.2, 0.25) is 25.7 Å². The molecule has 0 bridgehead atoms. The minimum atomic E-state index is -1.01. The van der Waals surface area contributed by atoms with Crippen LogP contribution in [0.25, 0.3) is 11.3 Å². The molecule has 1 heterocycles. The Hall–Kier alpha value is -1.39. The molecular weight excluding hydrogens is 276 g/mol. The Labute approximate surface area is 129 Å². The fraction of sp³-hybridized carbons (Fsp3) is 0.471. The van der Waals surface area contributed by atoms with Crippen molar-refractivity contribution in [3.63, 3.8) is 0 Å². The van der Waals surface area contributed by atoms with Crippen LogP contribution in [0.1, 0.15) is 11.3 Å². The molecule has 0 N–H and O–H groups in total. The van der Waals surface area contributed by atoms with Crippen molar-refractivity contribution in [3.05, 3.63) is 41.9 Å². The number of hydrogen-bond acceptors (Lipinski definition) is 2. The molecule has 0 saturated heterocycles. The molecule has 0 atom stereocenters. The highest BCUT2D eigenvalue weighted by Gasteiger charge is 2.13. The summed E-state index contributed by atoms with van der Waals surface area (Å²) >= 11 is 0. The third-order valence-electron chi connectivity index (χ3n) is 3.65. The summed E-state index contributed by atoms with van der Waals surface area (Å²) in [7, 11) is -1.01. The molecule has 0 aliphatic carbocycles. The Morgan fingerprint density at radius 1 is 1.10 bits per heavy atom. The minimum absolute atomic E-state index is 0.592. The standard InChI is InChI=1S/C17H26N2OSi/c1-14-6-8-16(9-7-14)17-15(2)19(12-18-17)13-20-10-11-21(3,4)5/h6-9,12H,10-11,13H2,1-5H3. The van der Waals surface area contributed by atoms with E-state index in [1.807, 2.05) is 6.33 Å². The molecule has 0 fully saturated rings. The van der Waals surface area contributed by atoms with Gasteiger partial charge in [0.15, 0.2) is 0 Å². The van der Waals surface area contributed by atoms with E-state index in [1.165, 1.54) is 17.2 Å². The van der Waals surface area contributed by atoms with Gasteiger partial charge in [0, 0.05) is 25.9 Å². The molecular formula is C17H26N2OSi. The van der Waals surface area contributed by atoms with E-state index >= 15 is 0 Å². The number of nitrogens with zero attached hydrogens (tertiary/aromatic N) is 2. The van der Waals surface area contributed by atoms with Gasteiger partial charge in [0.05, 0.1) is 12.0 Å². The van der Waals surface area contributed by atoms with Crippen LogP contribution < -0.4 is 0 Å². The topological polar surface area (TPSA) is 27.1 Å². The second kappa shape index (κ2) is 6.58. The zero-order valence-electron chi connectivity index (χ0n) is 13.8. The number of aromatic nitrogens is 2. The van der Waals surface area contributed by atoms with Crippen LogP contribution in [0.15, 0.2) is 30.6 Å². The van der Waals surface area contributed by atoms with Crippen LogP contribution in [0.4, 0.5) is 0 Å². The fourth-order valence-corrected chi connectivity index (χ4v) is 2.87. The predicted molar refractivity (Wildman–Crippen MR) is 91.2 cm³/mol. The van der Waals surface area contributed by atoms with Gasteiger partial charge in [-0.15, -0.1) is 0 Å². The van der Waals surface area contributed by atoms with Crippen LogP contribution in [-0.2, 0) is 11.5 Å². The van der Waals surface area contributed by atoms with Gasteiger partial charge in [-0.05, 0) is 19.9 Å². The lowest BCUT2D eigenvalue weighted by Crippen LogP contribution is -2.22. The second-order valence-corrected chi connectivity index (χ2v) is 12.5. The smallest absolute Gasteiger partial charge is 0.124 e. The van der Waals surface area contributed by atoms with Gasteiger partial charge < -0.3 is 9.30 Å². The summed E-state index contributed by atoms with van der Waals surface area (Å²) in [6.45, 7) is 12.7. The highest BCUT2D eigenvalue weighted by Crippen LogP contribution is 2.22.